The van der Waals surface area contributed by atoms with Crippen molar-refractivity contribution in [3.05, 3.63) is 11.8 Å². The van der Waals surface area contributed by atoms with E-state index in [9.17, 15) is 9.90 Å². The van der Waals surface area contributed by atoms with Crippen molar-refractivity contribution in [3.63, 3.8) is 0 Å². The first-order valence-corrected chi connectivity index (χ1v) is 6.27. The zero-order valence-electron chi connectivity index (χ0n) is 10.8. The fourth-order valence-electron chi connectivity index (χ4n) is 2.78. The van der Waals surface area contributed by atoms with Crippen molar-refractivity contribution in [2.24, 2.45) is 0 Å². The van der Waals surface area contributed by atoms with Gasteiger partial charge in [0.15, 0.2) is 0 Å². The molecule has 2 rings (SSSR count). The predicted molar refractivity (Wildman–Crippen MR) is 64.8 cm³/mol. The topological polar surface area (TPSA) is 49.8 Å². The molecule has 2 fully saturated rings. The van der Waals surface area contributed by atoms with Gasteiger partial charge in [0.2, 0.25) is 0 Å². The standard InChI is InChI=1S/C13H21NO3/c1-13(2,3)17-12(16)14-10-5-4-6-11(14)9(7-10)8-15/h8,10-11,15H,4-7H2,1-3H3. The number of piperidine rings is 1. The van der Waals surface area contributed by atoms with Crippen LogP contribution in [0.15, 0.2) is 11.8 Å². The Morgan fingerprint density at radius 2 is 2.18 bits per heavy atom. The minimum absolute atomic E-state index is 0.0496. The second-order valence-electron chi connectivity index (χ2n) is 5.90. The Hall–Kier alpha value is -1.19. The molecule has 0 aromatic heterocycles. The third-order valence-electron chi connectivity index (χ3n) is 3.41. The van der Waals surface area contributed by atoms with Gasteiger partial charge in [-0.1, -0.05) is 0 Å². The quantitative estimate of drug-likeness (QED) is 0.661. The number of hydrogen-bond donors (Lipinski definition) is 1. The molecule has 0 radical (unpaired) electrons. The summed E-state index contributed by atoms with van der Waals surface area (Å²) in [6, 6.07) is 0.260. The fourth-order valence-corrected chi connectivity index (χ4v) is 2.78. The van der Waals surface area contributed by atoms with Crippen molar-refractivity contribution < 1.29 is 14.6 Å². The maximum atomic E-state index is 12.1. The van der Waals surface area contributed by atoms with Crippen LogP contribution in [0.5, 0.6) is 0 Å². The lowest BCUT2D eigenvalue weighted by molar-refractivity contribution is 0.00913. The summed E-state index contributed by atoms with van der Waals surface area (Å²) in [6.07, 6.45) is 4.78. The van der Waals surface area contributed by atoms with E-state index in [4.69, 9.17) is 4.74 Å². The maximum Gasteiger partial charge on any atom is 0.411 e. The average molecular weight is 239 g/mol. The van der Waals surface area contributed by atoms with Crippen LogP contribution in [0.2, 0.25) is 0 Å². The van der Waals surface area contributed by atoms with Crippen LogP contribution in [-0.4, -0.2) is 33.8 Å². The normalized spacial score (nSPS) is 30.8. The number of aliphatic hydroxyl groups excluding tert-OH is 1. The first kappa shape index (κ1) is 12.3. The SMILES string of the molecule is CC(C)(C)OC(=O)N1C2CCCC1C(=CO)C2. The molecule has 0 spiro atoms. The van der Waals surface area contributed by atoms with E-state index >= 15 is 0 Å². The molecule has 2 unspecified atom stereocenters. The lowest BCUT2D eigenvalue weighted by Gasteiger charge is -2.35. The molecule has 2 aliphatic heterocycles. The average Bonchev–Trinajstić information content (AvgIpc) is 2.43. The molecule has 1 amide bonds. The van der Waals surface area contributed by atoms with Crippen molar-refractivity contribution in [1.82, 2.24) is 4.90 Å². The highest BCUT2D eigenvalue weighted by Gasteiger charge is 2.44. The molecule has 17 heavy (non-hydrogen) atoms. The highest BCUT2D eigenvalue weighted by atomic mass is 16.6. The smallest absolute Gasteiger partial charge is 0.411 e. The first-order chi connectivity index (χ1) is 7.92. The van der Waals surface area contributed by atoms with Gasteiger partial charge in [0.05, 0.1) is 12.3 Å². The van der Waals surface area contributed by atoms with Gasteiger partial charge in [-0.3, -0.25) is 4.90 Å². The van der Waals surface area contributed by atoms with E-state index in [-0.39, 0.29) is 18.2 Å². The number of fused-ring (bicyclic) bond motifs is 2. The minimum Gasteiger partial charge on any atom is -0.516 e. The van der Waals surface area contributed by atoms with Crippen LogP contribution in [-0.2, 0) is 4.74 Å². The lowest BCUT2D eigenvalue weighted by atomic mass is 10.0. The third kappa shape index (κ3) is 2.40. The lowest BCUT2D eigenvalue weighted by Crippen LogP contribution is -2.46. The highest BCUT2D eigenvalue weighted by Crippen LogP contribution is 2.39. The Balaban J connectivity index is 2.14. The van der Waals surface area contributed by atoms with Crippen molar-refractivity contribution in [1.29, 1.82) is 0 Å². The predicted octanol–water partition coefficient (Wildman–Crippen LogP) is 2.99. The van der Waals surface area contributed by atoms with Crippen LogP contribution in [0.1, 0.15) is 46.5 Å². The Morgan fingerprint density at radius 3 is 2.76 bits per heavy atom. The van der Waals surface area contributed by atoms with Crippen molar-refractivity contribution >= 4 is 6.09 Å². The summed E-state index contributed by atoms with van der Waals surface area (Å²) >= 11 is 0. The summed E-state index contributed by atoms with van der Waals surface area (Å²) in [5.74, 6) is 0. The summed E-state index contributed by atoms with van der Waals surface area (Å²) in [7, 11) is 0. The highest BCUT2D eigenvalue weighted by molar-refractivity contribution is 5.70. The van der Waals surface area contributed by atoms with E-state index < -0.39 is 5.60 Å². The Labute approximate surface area is 102 Å². The maximum absolute atomic E-state index is 12.1. The van der Waals surface area contributed by atoms with Crippen LogP contribution in [0.4, 0.5) is 4.79 Å². The van der Waals surface area contributed by atoms with Gasteiger partial charge in [-0.25, -0.2) is 4.79 Å². The summed E-state index contributed by atoms with van der Waals surface area (Å²) in [4.78, 5) is 13.9. The van der Waals surface area contributed by atoms with Gasteiger partial charge in [0, 0.05) is 6.04 Å². The summed E-state index contributed by atoms with van der Waals surface area (Å²) in [6.45, 7) is 5.62. The number of amides is 1. The molecule has 2 aliphatic rings. The molecular formula is C13H21NO3. The number of hydrogen-bond acceptors (Lipinski definition) is 3. The van der Waals surface area contributed by atoms with E-state index in [0.29, 0.717) is 0 Å². The molecule has 0 aromatic rings. The largest absolute Gasteiger partial charge is 0.516 e. The van der Waals surface area contributed by atoms with Crippen LogP contribution >= 0.6 is 0 Å². The van der Waals surface area contributed by atoms with E-state index in [1.807, 2.05) is 25.7 Å². The van der Waals surface area contributed by atoms with Gasteiger partial charge in [0.25, 0.3) is 0 Å². The van der Waals surface area contributed by atoms with E-state index in [1.165, 1.54) is 6.26 Å². The molecule has 2 heterocycles. The zero-order valence-corrected chi connectivity index (χ0v) is 10.8. The molecule has 2 bridgehead atoms. The van der Waals surface area contributed by atoms with Crippen LogP contribution in [0, 0.1) is 0 Å². The molecule has 0 aromatic carbocycles. The Bertz CT molecular complexity index is 343. The second-order valence-corrected chi connectivity index (χ2v) is 5.90. The van der Waals surface area contributed by atoms with Gasteiger partial charge >= 0.3 is 6.09 Å². The minimum atomic E-state index is -0.461. The molecule has 4 nitrogen and oxygen atoms in total. The van der Waals surface area contributed by atoms with Crippen molar-refractivity contribution in [2.75, 3.05) is 0 Å². The summed E-state index contributed by atoms with van der Waals surface area (Å²) in [5, 5.41) is 9.20. The fraction of sp³-hybridized carbons (Fsp3) is 0.769. The van der Waals surface area contributed by atoms with Gasteiger partial charge < -0.3 is 9.84 Å². The molecular weight excluding hydrogens is 218 g/mol. The monoisotopic (exact) mass is 239 g/mol. The third-order valence-corrected chi connectivity index (χ3v) is 3.41. The molecule has 96 valence electrons. The number of ether oxygens (including phenoxy) is 1. The molecule has 0 aliphatic carbocycles. The zero-order chi connectivity index (χ0) is 12.6. The number of rotatable bonds is 0. The molecule has 2 atom stereocenters. The molecule has 1 N–H and O–H groups in total. The van der Waals surface area contributed by atoms with Gasteiger partial charge in [-0.15, -0.1) is 0 Å². The Kier molecular flexibility index (Phi) is 3.06. The summed E-state index contributed by atoms with van der Waals surface area (Å²) in [5.41, 5.74) is 0.509. The van der Waals surface area contributed by atoms with E-state index in [1.54, 1.807) is 0 Å². The Morgan fingerprint density at radius 1 is 1.47 bits per heavy atom. The summed E-state index contributed by atoms with van der Waals surface area (Å²) < 4.78 is 5.43. The number of carbonyl (C=O) groups is 1. The van der Waals surface area contributed by atoms with Crippen LogP contribution < -0.4 is 0 Å². The number of nitrogens with zero attached hydrogens (tertiary/aromatic N) is 1. The molecule has 2 saturated heterocycles. The second kappa shape index (κ2) is 4.24. The molecule has 0 saturated carbocycles. The first-order valence-electron chi connectivity index (χ1n) is 6.27. The number of carbonyl (C=O) groups excluding carboxylic acids is 1. The van der Waals surface area contributed by atoms with Gasteiger partial charge in [-0.2, -0.15) is 0 Å². The van der Waals surface area contributed by atoms with Gasteiger partial charge in [-0.05, 0) is 52.0 Å². The van der Waals surface area contributed by atoms with Crippen LogP contribution in [0.25, 0.3) is 0 Å². The van der Waals surface area contributed by atoms with Crippen LogP contribution in [0.3, 0.4) is 0 Å². The number of aliphatic hydroxyl groups is 1. The van der Waals surface area contributed by atoms with Crippen molar-refractivity contribution in [2.45, 2.75) is 64.1 Å². The molecule has 4 heteroatoms. The van der Waals surface area contributed by atoms with E-state index in [2.05, 4.69) is 0 Å². The van der Waals surface area contributed by atoms with Gasteiger partial charge in [0.1, 0.15) is 5.60 Å². The van der Waals surface area contributed by atoms with E-state index in [0.717, 1.165) is 31.3 Å². The van der Waals surface area contributed by atoms with Crippen molar-refractivity contribution in [3.8, 4) is 0 Å².